The van der Waals surface area contributed by atoms with Gasteiger partial charge in [0.1, 0.15) is 0 Å². The number of H-pyrrole nitrogens is 1. The number of rotatable bonds is 4. The van der Waals surface area contributed by atoms with Crippen LogP contribution in [0.25, 0.3) is 0 Å². The zero-order valence-corrected chi connectivity index (χ0v) is 14.3. The van der Waals surface area contributed by atoms with Gasteiger partial charge >= 0.3 is 0 Å². The van der Waals surface area contributed by atoms with Gasteiger partial charge in [0, 0.05) is 36.7 Å². The van der Waals surface area contributed by atoms with E-state index in [1.165, 1.54) is 0 Å². The molecular weight excluding hydrogens is 326 g/mol. The van der Waals surface area contributed by atoms with Crippen LogP contribution in [0.2, 0.25) is 0 Å². The van der Waals surface area contributed by atoms with Gasteiger partial charge in [0.2, 0.25) is 10.0 Å². The highest BCUT2D eigenvalue weighted by molar-refractivity contribution is 7.88. The quantitative estimate of drug-likeness (QED) is 0.915. The van der Waals surface area contributed by atoms with Crippen LogP contribution in [0, 0.1) is 0 Å². The van der Waals surface area contributed by atoms with E-state index in [9.17, 15) is 8.42 Å². The van der Waals surface area contributed by atoms with E-state index in [0.29, 0.717) is 19.7 Å². The highest BCUT2D eigenvalue weighted by Gasteiger charge is 2.35. The molecule has 3 heterocycles. The average molecular weight is 347 g/mol. The summed E-state index contributed by atoms with van der Waals surface area (Å²) in [6.07, 6.45) is 1.66. The number of aromatic amines is 1. The number of nitrogens with zero attached hydrogens (tertiary/aromatic N) is 2. The molecule has 2 aliphatic rings. The fraction of sp³-hybridized carbons (Fsp3) is 0.471. The number of aromatic nitrogens is 2. The Hall–Kier alpha value is -1.70. The minimum Gasteiger partial charge on any atom is -0.376 e. The molecule has 24 heavy (non-hydrogen) atoms. The Morgan fingerprint density at radius 3 is 2.96 bits per heavy atom. The Morgan fingerprint density at radius 2 is 2.12 bits per heavy atom. The molecule has 7 heteroatoms. The van der Waals surface area contributed by atoms with E-state index in [1.807, 2.05) is 30.3 Å². The van der Waals surface area contributed by atoms with E-state index in [0.717, 1.165) is 42.0 Å². The summed E-state index contributed by atoms with van der Waals surface area (Å²) in [4.78, 5) is 0. The van der Waals surface area contributed by atoms with Crippen LogP contribution in [0.1, 0.15) is 34.9 Å². The topological polar surface area (TPSA) is 75.3 Å². The fourth-order valence-corrected chi connectivity index (χ4v) is 5.14. The van der Waals surface area contributed by atoms with Crippen LogP contribution in [-0.4, -0.2) is 42.6 Å². The van der Waals surface area contributed by atoms with Crippen molar-refractivity contribution >= 4 is 10.0 Å². The van der Waals surface area contributed by atoms with Crippen molar-refractivity contribution in [1.82, 2.24) is 14.5 Å². The largest absolute Gasteiger partial charge is 0.376 e. The second kappa shape index (κ2) is 6.31. The van der Waals surface area contributed by atoms with E-state index < -0.39 is 10.0 Å². The summed E-state index contributed by atoms with van der Waals surface area (Å²) in [6, 6.07) is 9.34. The number of ether oxygens (including phenoxy) is 1. The smallest absolute Gasteiger partial charge is 0.218 e. The molecule has 1 atom stereocenters. The lowest BCUT2D eigenvalue weighted by molar-refractivity contribution is 0.109. The van der Waals surface area contributed by atoms with Crippen molar-refractivity contribution in [2.45, 2.75) is 31.1 Å². The molecule has 6 nitrogen and oxygen atoms in total. The molecule has 4 rings (SSSR count). The molecule has 2 aromatic rings. The van der Waals surface area contributed by atoms with Crippen molar-refractivity contribution in [2.75, 3.05) is 19.7 Å². The van der Waals surface area contributed by atoms with Crippen molar-refractivity contribution in [1.29, 1.82) is 0 Å². The van der Waals surface area contributed by atoms with E-state index in [2.05, 4.69) is 10.2 Å². The normalized spacial score (nSPS) is 21.8. The van der Waals surface area contributed by atoms with E-state index >= 15 is 0 Å². The number of hydrogen-bond acceptors (Lipinski definition) is 4. The summed E-state index contributed by atoms with van der Waals surface area (Å²) >= 11 is 0. The van der Waals surface area contributed by atoms with Crippen molar-refractivity contribution < 1.29 is 13.2 Å². The second-order valence-electron chi connectivity index (χ2n) is 6.45. The SMILES string of the molecule is O=S(=O)(Cc1ccccc1)N1CCC(c2n[nH]c3c2COCC3)C1. The summed E-state index contributed by atoms with van der Waals surface area (Å²) in [5, 5.41) is 7.55. The number of sulfonamides is 1. The predicted molar refractivity (Wildman–Crippen MR) is 89.9 cm³/mol. The van der Waals surface area contributed by atoms with Crippen LogP contribution in [0.3, 0.4) is 0 Å². The third-order valence-electron chi connectivity index (χ3n) is 4.85. The van der Waals surface area contributed by atoms with Crippen LogP contribution in [0.4, 0.5) is 0 Å². The van der Waals surface area contributed by atoms with Gasteiger partial charge in [0.05, 0.1) is 24.7 Å². The van der Waals surface area contributed by atoms with Gasteiger partial charge in [-0.15, -0.1) is 0 Å². The molecule has 1 unspecified atom stereocenters. The first-order valence-corrected chi connectivity index (χ1v) is 9.90. The van der Waals surface area contributed by atoms with E-state index in [1.54, 1.807) is 4.31 Å². The predicted octanol–water partition coefficient (Wildman–Crippen LogP) is 1.80. The van der Waals surface area contributed by atoms with Crippen LogP contribution < -0.4 is 0 Å². The molecule has 1 aromatic carbocycles. The fourth-order valence-electron chi connectivity index (χ4n) is 3.55. The average Bonchev–Trinajstić information content (AvgIpc) is 3.22. The molecule has 1 fully saturated rings. The molecule has 0 radical (unpaired) electrons. The van der Waals surface area contributed by atoms with Crippen LogP contribution in [0.15, 0.2) is 30.3 Å². The van der Waals surface area contributed by atoms with Gasteiger partial charge < -0.3 is 4.74 Å². The maximum absolute atomic E-state index is 12.7. The minimum atomic E-state index is -3.29. The minimum absolute atomic E-state index is 0.0579. The molecule has 0 spiro atoms. The maximum atomic E-state index is 12.7. The standard InChI is InChI=1S/C17H21N3O3S/c21-24(22,12-13-4-2-1-3-5-13)20-8-6-14(10-20)17-15-11-23-9-7-16(15)18-19-17/h1-5,14H,6-12H2,(H,18,19). The lowest BCUT2D eigenvalue weighted by Gasteiger charge is -2.17. The number of benzene rings is 1. The summed E-state index contributed by atoms with van der Waals surface area (Å²) < 4.78 is 32.5. The zero-order valence-electron chi connectivity index (χ0n) is 13.4. The Balaban J connectivity index is 1.49. The molecule has 0 amide bonds. The Morgan fingerprint density at radius 1 is 1.29 bits per heavy atom. The molecule has 0 saturated carbocycles. The molecule has 0 aliphatic carbocycles. The van der Waals surface area contributed by atoms with Crippen molar-refractivity contribution in [2.24, 2.45) is 0 Å². The Kier molecular flexibility index (Phi) is 4.15. The summed E-state index contributed by atoms with van der Waals surface area (Å²) in [7, 11) is -3.29. The van der Waals surface area contributed by atoms with Crippen LogP contribution in [0.5, 0.6) is 0 Å². The third kappa shape index (κ3) is 2.99. The van der Waals surface area contributed by atoms with Gasteiger partial charge in [-0.1, -0.05) is 30.3 Å². The van der Waals surface area contributed by atoms with E-state index in [-0.39, 0.29) is 11.7 Å². The van der Waals surface area contributed by atoms with Gasteiger partial charge in [-0.2, -0.15) is 5.10 Å². The highest BCUT2D eigenvalue weighted by atomic mass is 32.2. The molecule has 128 valence electrons. The molecular formula is C17H21N3O3S. The second-order valence-corrected chi connectivity index (χ2v) is 8.42. The Bertz CT molecular complexity index is 817. The molecule has 0 bridgehead atoms. The summed E-state index contributed by atoms with van der Waals surface area (Å²) in [6.45, 7) is 2.36. The third-order valence-corrected chi connectivity index (χ3v) is 6.67. The lowest BCUT2D eigenvalue weighted by atomic mass is 9.98. The monoisotopic (exact) mass is 347 g/mol. The molecule has 1 N–H and O–H groups in total. The maximum Gasteiger partial charge on any atom is 0.218 e. The van der Waals surface area contributed by atoms with Crippen molar-refractivity contribution in [3.05, 3.63) is 52.8 Å². The van der Waals surface area contributed by atoms with Gasteiger partial charge in [0.25, 0.3) is 0 Å². The first-order valence-electron chi connectivity index (χ1n) is 8.29. The van der Waals surface area contributed by atoms with Crippen LogP contribution in [-0.2, 0) is 33.5 Å². The molecule has 1 aromatic heterocycles. The molecule has 2 aliphatic heterocycles. The van der Waals surface area contributed by atoms with E-state index in [4.69, 9.17) is 4.74 Å². The van der Waals surface area contributed by atoms with Gasteiger partial charge in [-0.3, -0.25) is 5.10 Å². The molecule has 1 saturated heterocycles. The zero-order chi connectivity index (χ0) is 16.6. The number of fused-ring (bicyclic) bond motifs is 1. The number of hydrogen-bond donors (Lipinski definition) is 1. The summed E-state index contributed by atoms with van der Waals surface area (Å²) in [5.74, 6) is 0.208. The highest BCUT2D eigenvalue weighted by Crippen LogP contribution is 2.33. The Labute approximate surface area is 141 Å². The first-order chi connectivity index (χ1) is 11.6. The van der Waals surface area contributed by atoms with Gasteiger partial charge in [-0.05, 0) is 12.0 Å². The lowest BCUT2D eigenvalue weighted by Crippen LogP contribution is -2.30. The van der Waals surface area contributed by atoms with Crippen molar-refractivity contribution in [3.8, 4) is 0 Å². The first kappa shape index (κ1) is 15.8. The summed E-state index contributed by atoms with van der Waals surface area (Å²) in [5.41, 5.74) is 4.09. The van der Waals surface area contributed by atoms with Gasteiger partial charge in [-0.25, -0.2) is 12.7 Å². The van der Waals surface area contributed by atoms with Crippen LogP contribution >= 0.6 is 0 Å². The van der Waals surface area contributed by atoms with Gasteiger partial charge in [0.15, 0.2) is 0 Å². The number of nitrogens with one attached hydrogen (secondary N) is 1. The van der Waals surface area contributed by atoms with Crippen molar-refractivity contribution in [3.63, 3.8) is 0 Å².